The number of aromatic nitrogens is 4. The molecule has 0 radical (unpaired) electrons. The molecule has 41 heavy (non-hydrogen) atoms. The number of nitrogens with zero attached hydrogens (tertiary/aromatic N) is 4. The third kappa shape index (κ3) is 4.61. The van der Waals surface area contributed by atoms with Gasteiger partial charge in [-0.25, -0.2) is 9.67 Å². The topological polar surface area (TPSA) is 92.9 Å². The predicted octanol–water partition coefficient (Wildman–Crippen LogP) is 6.31. The van der Waals surface area contributed by atoms with Crippen LogP contribution in [0.25, 0.3) is 11.2 Å². The zero-order valence-electron chi connectivity index (χ0n) is 22.6. The number of carboxylic acids is 1. The first-order chi connectivity index (χ1) is 20.1. The average Bonchev–Trinajstić information content (AvgIpc) is 3.46. The summed E-state index contributed by atoms with van der Waals surface area (Å²) in [7, 11) is 1.81. The zero-order chi connectivity index (χ0) is 28.2. The van der Waals surface area contributed by atoms with Gasteiger partial charge in [-0.1, -0.05) is 127 Å². The van der Waals surface area contributed by atoms with Crippen LogP contribution in [0.2, 0.25) is 0 Å². The van der Waals surface area contributed by atoms with Crippen molar-refractivity contribution >= 4 is 23.0 Å². The molecule has 6 aromatic rings. The number of benzene rings is 4. The summed E-state index contributed by atoms with van der Waals surface area (Å²) in [6.45, 7) is 0. The van der Waals surface area contributed by atoms with Crippen LogP contribution in [0.5, 0.6) is 0 Å². The van der Waals surface area contributed by atoms with Crippen LogP contribution >= 0.6 is 0 Å². The Hall–Kier alpha value is -5.30. The number of carboxylic acid groups (broad SMARTS) is 1. The molecule has 0 spiro atoms. The number of carbonyl (C=O) groups is 1. The highest BCUT2D eigenvalue weighted by atomic mass is 16.4. The molecule has 2 heterocycles. The maximum atomic E-state index is 12.1. The largest absolute Gasteiger partial charge is 0.481 e. The summed E-state index contributed by atoms with van der Waals surface area (Å²) < 4.78 is 1.88. The molecule has 0 aliphatic carbocycles. The van der Waals surface area contributed by atoms with E-state index in [0.717, 1.165) is 27.8 Å². The fourth-order valence-corrected chi connectivity index (χ4v) is 5.72. The molecule has 7 heteroatoms. The van der Waals surface area contributed by atoms with E-state index in [1.54, 1.807) is 7.05 Å². The van der Waals surface area contributed by atoms with Crippen molar-refractivity contribution in [3.63, 3.8) is 0 Å². The fraction of sp³-hybridized carbons (Fsp3) is 0.118. The molecular formula is C34H29N5O2. The third-order valence-corrected chi connectivity index (χ3v) is 7.54. The summed E-state index contributed by atoms with van der Waals surface area (Å²) in [5.74, 6) is -0.740. The highest BCUT2D eigenvalue weighted by molar-refractivity contribution is 5.81. The number of anilines is 1. The Morgan fingerprint density at radius 3 is 1.76 bits per heavy atom. The summed E-state index contributed by atoms with van der Waals surface area (Å²) in [6.07, 6.45) is -0.0969. The Bertz CT molecular complexity index is 1680. The standard InChI is InChI=1S/C34H29N5O2/c1-35-30-22-29(28(23-31(40)41)24-14-6-2-7-15-24)32-33(36-30)39(38-37-32)34(25-16-8-3-9-17-25,26-18-10-4-11-19-26)27-20-12-5-13-21-27/h2-22,28H,23H2,1H3,(H,35,36)(H,40,41)/t28-/m1/s1. The number of aliphatic carboxylic acids is 1. The van der Waals surface area contributed by atoms with Crippen LogP contribution in [0.15, 0.2) is 127 Å². The second kappa shape index (κ2) is 11.1. The lowest BCUT2D eigenvalue weighted by Crippen LogP contribution is -2.39. The first kappa shape index (κ1) is 26.0. The number of pyridine rings is 1. The Morgan fingerprint density at radius 1 is 0.805 bits per heavy atom. The van der Waals surface area contributed by atoms with Crippen molar-refractivity contribution in [2.24, 2.45) is 0 Å². The molecular weight excluding hydrogens is 510 g/mol. The number of nitrogens with one attached hydrogen (secondary N) is 1. The monoisotopic (exact) mass is 539 g/mol. The predicted molar refractivity (Wildman–Crippen MR) is 160 cm³/mol. The van der Waals surface area contributed by atoms with Gasteiger partial charge in [-0.15, -0.1) is 5.10 Å². The molecule has 0 saturated carbocycles. The van der Waals surface area contributed by atoms with Gasteiger partial charge in [0.15, 0.2) is 5.65 Å². The molecule has 0 bridgehead atoms. The van der Waals surface area contributed by atoms with Gasteiger partial charge in [0.25, 0.3) is 0 Å². The van der Waals surface area contributed by atoms with E-state index < -0.39 is 17.4 Å². The van der Waals surface area contributed by atoms with E-state index in [1.165, 1.54) is 0 Å². The number of rotatable bonds is 9. The van der Waals surface area contributed by atoms with Gasteiger partial charge in [-0.3, -0.25) is 4.79 Å². The second-order valence-electron chi connectivity index (χ2n) is 9.89. The highest BCUT2D eigenvalue weighted by Gasteiger charge is 2.41. The van der Waals surface area contributed by atoms with Crippen LogP contribution in [0, 0.1) is 0 Å². The smallest absolute Gasteiger partial charge is 0.304 e. The average molecular weight is 540 g/mol. The molecule has 0 fully saturated rings. The number of hydrogen-bond donors (Lipinski definition) is 2. The molecule has 2 N–H and O–H groups in total. The van der Waals surface area contributed by atoms with Crippen molar-refractivity contribution in [3.05, 3.63) is 155 Å². The lowest BCUT2D eigenvalue weighted by atomic mass is 9.77. The minimum absolute atomic E-state index is 0.0969. The molecule has 7 nitrogen and oxygen atoms in total. The summed E-state index contributed by atoms with van der Waals surface area (Å²) in [5, 5.41) is 22.6. The van der Waals surface area contributed by atoms with Gasteiger partial charge in [-0.2, -0.15) is 0 Å². The summed E-state index contributed by atoms with van der Waals surface area (Å²) >= 11 is 0. The maximum Gasteiger partial charge on any atom is 0.304 e. The van der Waals surface area contributed by atoms with E-state index in [2.05, 4.69) is 41.7 Å². The van der Waals surface area contributed by atoms with E-state index in [0.29, 0.717) is 17.0 Å². The van der Waals surface area contributed by atoms with E-state index in [1.807, 2.05) is 95.7 Å². The fourth-order valence-electron chi connectivity index (χ4n) is 5.72. The maximum absolute atomic E-state index is 12.1. The minimum atomic E-state index is -0.912. The molecule has 6 rings (SSSR count). The van der Waals surface area contributed by atoms with Crippen LogP contribution in [0.3, 0.4) is 0 Å². The van der Waals surface area contributed by atoms with Crippen molar-refractivity contribution < 1.29 is 9.90 Å². The minimum Gasteiger partial charge on any atom is -0.481 e. The third-order valence-electron chi connectivity index (χ3n) is 7.54. The summed E-state index contributed by atoms with van der Waals surface area (Å²) in [4.78, 5) is 17.1. The molecule has 202 valence electrons. The van der Waals surface area contributed by atoms with Crippen LogP contribution in [-0.2, 0) is 10.3 Å². The lowest BCUT2D eigenvalue weighted by Gasteiger charge is -2.36. The zero-order valence-corrected chi connectivity index (χ0v) is 22.6. The second-order valence-corrected chi connectivity index (χ2v) is 9.89. The van der Waals surface area contributed by atoms with Crippen molar-refractivity contribution in [3.8, 4) is 0 Å². The molecule has 0 aliphatic rings. The van der Waals surface area contributed by atoms with Gasteiger partial charge in [0.05, 0.1) is 6.42 Å². The molecule has 0 aliphatic heterocycles. The quantitative estimate of drug-likeness (QED) is 0.209. The summed E-state index contributed by atoms with van der Waals surface area (Å²) in [6, 6.07) is 42.2. The van der Waals surface area contributed by atoms with Crippen molar-refractivity contribution in [2.45, 2.75) is 17.9 Å². The Labute approximate surface area is 238 Å². The van der Waals surface area contributed by atoms with Gasteiger partial charge in [0.2, 0.25) is 0 Å². The van der Waals surface area contributed by atoms with Crippen LogP contribution in [0.1, 0.15) is 40.2 Å². The normalized spacial score (nSPS) is 12.2. The van der Waals surface area contributed by atoms with E-state index in [-0.39, 0.29) is 6.42 Å². The van der Waals surface area contributed by atoms with Gasteiger partial charge >= 0.3 is 5.97 Å². The van der Waals surface area contributed by atoms with Crippen LogP contribution in [0.4, 0.5) is 5.82 Å². The first-order valence-electron chi connectivity index (χ1n) is 13.5. The molecule has 0 saturated heterocycles. The Balaban J connectivity index is 1.72. The number of hydrogen-bond acceptors (Lipinski definition) is 5. The molecule has 1 atom stereocenters. The van der Waals surface area contributed by atoms with Crippen molar-refractivity contribution in [1.29, 1.82) is 0 Å². The number of fused-ring (bicyclic) bond motifs is 1. The van der Waals surface area contributed by atoms with Crippen LogP contribution in [-0.4, -0.2) is 38.1 Å². The SMILES string of the molecule is CNc1cc([C@H](CC(=O)O)c2ccccc2)c2nnn(C(c3ccccc3)(c3ccccc3)c3ccccc3)c2n1. The molecule has 0 amide bonds. The Kier molecular flexibility index (Phi) is 7.00. The molecule has 4 aromatic carbocycles. The van der Waals surface area contributed by atoms with E-state index >= 15 is 0 Å². The Morgan fingerprint density at radius 2 is 1.29 bits per heavy atom. The highest BCUT2D eigenvalue weighted by Crippen LogP contribution is 2.43. The summed E-state index contributed by atoms with van der Waals surface area (Å²) in [5.41, 5.74) is 4.82. The first-order valence-corrected chi connectivity index (χ1v) is 13.5. The van der Waals surface area contributed by atoms with Crippen molar-refractivity contribution in [2.75, 3.05) is 12.4 Å². The van der Waals surface area contributed by atoms with Gasteiger partial charge < -0.3 is 10.4 Å². The molecule has 2 aromatic heterocycles. The van der Waals surface area contributed by atoms with Gasteiger partial charge in [0, 0.05) is 13.0 Å². The van der Waals surface area contributed by atoms with Crippen molar-refractivity contribution in [1.82, 2.24) is 20.0 Å². The van der Waals surface area contributed by atoms with Crippen LogP contribution < -0.4 is 5.32 Å². The van der Waals surface area contributed by atoms with E-state index in [4.69, 9.17) is 15.3 Å². The lowest BCUT2D eigenvalue weighted by molar-refractivity contribution is -0.137. The molecule has 0 unspecified atom stereocenters. The van der Waals surface area contributed by atoms with Gasteiger partial charge in [0.1, 0.15) is 16.9 Å². The van der Waals surface area contributed by atoms with Gasteiger partial charge in [-0.05, 0) is 33.9 Å². The van der Waals surface area contributed by atoms with E-state index in [9.17, 15) is 9.90 Å².